The Hall–Kier alpha value is -1.47. The van der Waals surface area contributed by atoms with Gasteiger partial charge in [-0.25, -0.2) is 4.68 Å². The van der Waals surface area contributed by atoms with Crippen LogP contribution < -0.4 is 5.73 Å². The van der Waals surface area contributed by atoms with Crippen LogP contribution in [0.2, 0.25) is 0 Å². The number of nitrogens with two attached hydrogens (primary N) is 1. The molecule has 192 valence electrons. The van der Waals surface area contributed by atoms with E-state index < -0.39 is 0 Å². The van der Waals surface area contributed by atoms with Crippen LogP contribution in [0.25, 0.3) is 0 Å². The average molecular weight is 470 g/mol. The first-order chi connectivity index (χ1) is 16.0. The maximum atomic E-state index is 6.26. The molecule has 0 aromatic carbocycles. The number of hydrogen-bond acceptors (Lipinski definition) is 3. The van der Waals surface area contributed by atoms with E-state index in [1.807, 2.05) is 11.8 Å². The minimum absolute atomic E-state index is 0. The van der Waals surface area contributed by atoms with Gasteiger partial charge in [0.25, 0.3) is 0 Å². The van der Waals surface area contributed by atoms with Crippen LogP contribution in [0, 0.1) is 59.2 Å². The van der Waals surface area contributed by atoms with Crippen molar-refractivity contribution in [3.8, 4) is 12.3 Å². The third-order valence-corrected chi connectivity index (χ3v) is 10.1. The second kappa shape index (κ2) is 11.5. The van der Waals surface area contributed by atoms with Crippen LogP contribution in [0.15, 0.2) is 6.20 Å². The predicted molar refractivity (Wildman–Crippen MR) is 143 cm³/mol. The van der Waals surface area contributed by atoms with Gasteiger partial charge in [-0.05, 0) is 105 Å². The molecular formula is C30H51N3O. The van der Waals surface area contributed by atoms with E-state index >= 15 is 0 Å². The van der Waals surface area contributed by atoms with E-state index in [2.05, 4.69) is 31.8 Å². The first-order valence-electron chi connectivity index (χ1n) is 13.7. The van der Waals surface area contributed by atoms with Crippen molar-refractivity contribution >= 4 is 5.82 Å². The standard InChI is InChI=1S/C26H39N3O.C3H8.CH4/c1-4-18-14-28-29(25(18)27)15-20-7-10-24-23-9-6-19-13-17(16-30-3)5-8-21(19)22(23)11-12-26(20,24)2;1-3-2;/h1,14,17,19-24H,5-13,15-16,27H2,2-3H3;3H2,1-2H3;1H4. The lowest BCUT2D eigenvalue weighted by Gasteiger charge is -2.56. The second-order valence-electron chi connectivity index (χ2n) is 11.9. The molecule has 4 fully saturated rings. The summed E-state index contributed by atoms with van der Waals surface area (Å²) >= 11 is 0. The highest BCUT2D eigenvalue weighted by atomic mass is 16.5. The predicted octanol–water partition coefficient (Wildman–Crippen LogP) is 7.03. The Bertz CT molecular complexity index is 826. The van der Waals surface area contributed by atoms with Gasteiger partial charge in [0.15, 0.2) is 0 Å². The van der Waals surface area contributed by atoms with Crippen molar-refractivity contribution in [1.82, 2.24) is 9.78 Å². The zero-order valence-electron chi connectivity index (χ0n) is 21.6. The molecule has 0 amide bonds. The maximum Gasteiger partial charge on any atom is 0.137 e. The number of ether oxygens (including phenoxy) is 1. The molecule has 2 N–H and O–H groups in total. The highest BCUT2D eigenvalue weighted by Crippen LogP contribution is 2.64. The summed E-state index contributed by atoms with van der Waals surface area (Å²) in [7, 11) is 1.87. The van der Waals surface area contributed by atoms with Crippen molar-refractivity contribution in [2.45, 2.75) is 99.0 Å². The van der Waals surface area contributed by atoms with Crippen molar-refractivity contribution in [2.24, 2.45) is 46.8 Å². The molecule has 4 aliphatic rings. The van der Waals surface area contributed by atoms with Gasteiger partial charge >= 0.3 is 0 Å². The molecule has 1 heterocycles. The molecule has 1 aromatic rings. The second-order valence-corrected chi connectivity index (χ2v) is 11.9. The molecule has 34 heavy (non-hydrogen) atoms. The first kappa shape index (κ1) is 27.1. The molecular weight excluding hydrogens is 418 g/mol. The van der Waals surface area contributed by atoms with Gasteiger partial charge in [0.1, 0.15) is 5.82 Å². The number of aromatic nitrogens is 2. The molecule has 4 saturated carbocycles. The lowest BCUT2D eigenvalue weighted by atomic mass is 9.49. The van der Waals surface area contributed by atoms with Crippen LogP contribution in [0.3, 0.4) is 0 Å². The molecule has 8 unspecified atom stereocenters. The molecule has 8 atom stereocenters. The fourth-order valence-electron chi connectivity index (χ4n) is 8.61. The van der Waals surface area contributed by atoms with Gasteiger partial charge in [-0.2, -0.15) is 5.10 Å². The van der Waals surface area contributed by atoms with E-state index in [1.165, 1.54) is 64.2 Å². The molecule has 4 heteroatoms. The average Bonchev–Trinajstić information content (AvgIpc) is 3.33. The number of anilines is 1. The van der Waals surface area contributed by atoms with Crippen molar-refractivity contribution in [3.63, 3.8) is 0 Å². The van der Waals surface area contributed by atoms with E-state index in [0.29, 0.717) is 17.2 Å². The summed E-state index contributed by atoms with van der Waals surface area (Å²) in [5.41, 5.74) is 7.44. The zero-order chi connectivity index (χ0) is 23.6. The zero-order valence-corrected chi connectivity index (χ0v) is 21.6. The summed E-state index contributed by atoms with van der Waals surface area (Å²) in [4.78, 5) is 0. The largest absolute Gasteiger partial charge is 0.384 e. The van der Waals surface area contributed by atoms with Gasteiger partial charge in [-0.3, -0.25) is 0 Å². The number of methoxy groups -OCH3 is 1. The fourth-order valence-corrected chi connectivity index (χ4v) is 8.61. The van der Waals surface area contributed by atoms with Crippen LogP contribution >= 0.6 is 0 Å². The van der Waals surface area contributed by atoms with Crippen LogP contribution in [-0.4, -0.2) is 23.5 Å². The molecule has 4 nitrogen and oxygen atoms in total. The van der Waals surface area contributed by atoms with Gasteiger partial charge in [-0.1, -0.05) is 40.5 Å². The molecule has 0 radical (unpaired) electrons. The number of terminal acetylenes is 1. The van der Waals surface area contributed by atoms with E-state index in [4.69, 9.17) is 16.9 Å². The van der Waals surface area contributed by atoms with E-state index in [9.17, 15) is 0 Å². The number of hydrogen-bond donors (Lipinski definition) is 1. The molecule has 0 bridgehead atoms. The lowest BCUT2D eigenvalue weighted by molar-refractivity contribution is -0.0733. The topological polar surface area (TPSA) is 53.1 Å². The van der Waals surface area contributed by atoms with Gasteiger partial charge < -0.3 is 10.5 Å². The van der Waals surface area contributed by atoms with Crippen molar-refractivity contribution in [1.29, 1.82) is 0 Å². The highest BCUT2D eigenvalue weighted by molar-refractivity contribution is 5.49. The Morgan fingerprint density at radius 2 is 1.85 bits per heavy atom. The quantitative estimate of drug-likeness (QED) is 0.482. The third-order valence-electron chi connectivity index (χ3n) is 10.1. The minimum atomic E-state index is 0. The van der Waals surface area contributed by atoms with Crippen molar-refractivity contribution in [3.05, 3.63) is 11.8 Å². The summed E-state index contributed by atoms with van der Waals surface area (Å²) in [5.74, 6) is 9.59. The maximum absolute atomic E-state index is 6.26. The van der Waals surface area contributed by atoms with Gasteiger partial charge in [-0.15, -0.1) is 6.42 Å². The molecule has 0 spiro atoms. The van der Waals surface area contributed by atoms with E-state index in [0.717, 1.165) is 54.2 Å². The molecule has 4 aliphatic carbocycles. The Kier molecular flexibility index (Phi) is 9.18. The minimum Gasteiger partial charge on any atom is -0.384 e. The van der Waals surface area contributed by atoms with Gasteiger partial charge in [0, 0.05) is 20.3 Å². The number of nitrogen functional groups attached to an aromatic ring is 1. The van der Waals surface area contributed by atoms with Crippen LogP contribution in [0.5, 0.6) is 0 Å². The normalized spacial score (nSPS) is 38.3. The third kappa shape index (κ3) is 4.92. The summed E-state index contributed by atoms with van der Waals surface area (Å²) in [6, 6.07) is 0. The number of rotatable bonds is 4. The summed E-state index contributed by atoms with van der Waals surface area (Å²) in [6.07, 6.45) is 21.3. The van der Waals surface area contributed by atoms with Gasteiger partial charge in [0.2, 0.25) is 0 Å². The molecule has 1 aromatic heterocycles. The Labute approximate surface area is 209 Å². The van der Waals surface area contributed by atoms with Crippen LogP contribution in [-0.2, 0) is 11.3 Å². The Balaban J connectivity index is 0.000000771. The molecule has 5 rings (SSSR count). The Morgan fingerprint density at radius 1 is 1.12 bits per heavy atom. The van der Waals surface area contributed by atoms with Crippen molar-refractivity contribution < 1.29 is 4.74 Å². The van der Waals surface area contributed by atoms with E-state index in [1.54, 1.807) is 6.20 Å². The first-order valence-corrected chi connectivity index (χ1v) is 13.7. The molecule has 0 saturated heterocycles. The summed E-state index contributed by atoms with van der Waals surface area (Å²) in [5, 5.41) is 4.52. The van der Waals surface area contributed by atoms with Crippen LogP contribution in [0.4, 0.5) is 5.82 Å². The Morgan fingerprint density at radius 3 is 2.53 bits per heavy atom. The summed E-state index contributed by atoms with van der Waals surface area (Å²) in [6.45, 7) is 8.75. The smallest absolute Gasteiger partial charge is 0.137 e. The number of nitrogens with zero attached hydrogens (tertiary/aromatic N) is 2. The van der Waals surface area contributed by atoms with E-state index in [-0.39, 0.29) is 7.43 Å². The summed E-state index contributed by atoms with van der Waals surface area (Å²) < 4.78 is 7.47. The fraction of sp³-hybridized carbons (Fsp3) is 0.833. The highest BCUT2D eigenvalue weighted by Gasteiger charge is 2.56. The number of fused-ring (bicyclic) bond motifs is 5. The lowest BCUT2D eigenvalue weighted by Crippen LogP contribution is -2.49. The van der Waals surface area contributed by atoms with Crippen molar-refractivity contribution in [2.75, 3.05) is 19.5 Å². The SMILES string of the molecule is C.C#Cc1cnn(CC2CCC3C4CCC5CC(COC)CCC5C4CCC23C)c1N.CCC. The molecule has 0 aliphatic heterocycles. The van der Waals surface area contributed by atoms with Gasteiger partial charge in [0.05, 0.1) is 11.8 Å². The monoisotopic (exact) mass is 469 g/mol. The van der Waals surface area contributed by atoms with Crippen LogP contribution in [0.1, 0.15) is 98.0 Å².